The molecule has 0 aliphatic heterocycles. The van der Waals surface area contributed by atoms with Gasteiger partial charge in [0.15, 0.2) is 0 Å². The standard InChI is InChI=1S/C15H25NO/c1-6-16-13(5)14-7-8-15(12(4)9-14)17-10-11(2)3/h7-9,11,13,16H,6,10H2,1-5H3. The lowest BCUT2D eigenvalue weighted by molar-refractivity contribution is 0.269. The molecule has 1 rings (SSSR count). The van der Waals surface area contributed by atoms with Crippen molar-refractivity contribution >= 4 is 0 Å². The molecule has 0 bridgehead atoms. The van der Waals surface area contributed by atoms with Crippen molar-refractivity contribution in [1.29, 1.82) is 0 Å². The quantitative estimate of drug-likeness (QED) is 0.811. The molecule has 1 unspecified atom stereocenters. The Balaban J connectivity index is 2.72. The van der Waals surface area contributed by atoms with E-state index in [4.69, 9.17) is 4.74 Å². The van der Waals surface area contributed by atoms with E-state index < -0.39 is 0 Å². The number of hydrogen-bond donors (Lipinski definition) is 1. The second-order valence-corrected chi connectivity index (χ2v) is 5.01. The van der Waals surface area contributed by atoms with Crippen LogP contribution in [0.25, 0.3) is 0 Å². The fourth-order valence-electron chi connectivity index (χ4n) is 1.78. The Morgan fingerprint density at radius 2 is 1.94 bits per heavy atom. The van der Waals surface area contributed by atoms with Crippen LogP contribution in [-0.4, -0.2) is 13.2 Å². The van der Waals surface area contributed by atoms with E-state index in [-0.39, 0.29) is 0 Å². The lowest BCUT2D eigenvalue weighted by atomic mass is 10.0. The number of nitrogens with one attached hydrogen (secondary N) is 1. The van der Waals surface area contributed by atoms with Crippen molar-refractivity contribution in [2.45, 2.75) is 40.7 Å². The molecule has 0 aromatic heterocycles. The summed E-state index contributed by atoms with van der Waals surface area (Å²) >= 11 is 0. The van der Waals surface area contributed by atoms with Crippen molar-refractivity contribution in [2.75, 3.05) is 13.2 Å². The van der Waals surface area contributed by atoms with Crippen molar-refractivity contribution in [2.24, 2.45) is 5.92 Å². The zero-order valence-corrected chi connectivity index (χ0v) is 11.7. The Bertz CT molecular complexity index is 347. The lowest BCUT2D eigenvalue weighted by Gasteiger charge is -2.16. The summed E-state index contributed by atoms with van der Waals surface area (Å²) in [5.41, 5.74) is 2.54. The van der Waals surface area contributed by atoms with Gasteiger partial charge in [0.05, 0.1) is 6.61 Å². The molecule has 1 aromatic rings. The van der Waals surface area contributed by atoms with Crippen molar-refractivity contribution in [3.63, 3.8) is 0 Å². The molecule has 17 heavy (non-hydrogen) atoms. The van der Waals surface area contributed by atoms with Crippen LogP contribution >= 0.6 is 0 Å². The van der Waals surface area contributed by atoms with E-state index in [1.165, 1.54) is 11.1 Å². The third-order valence-electron chi connectivity index (χ3n) is 2.78. The number of rotatable bonds is 6. The van der Waals surface area contributed by atoms with Crippen LogP contribution in [0.4, 0.5) is 0 Å². The fraction of sp³-hybridized carbons (Fsp3) is 0.600. The monoisotopic (exact) mass is 235 g/mol. The van der Waals surface area contributed by atoms with Gasteiger partial charge in [0.25, 0.3) is 0 Å². The lowest BCUT2D eigenvalue weighted by Crippen LogP contribution is -2.17. The smallest absolute Gasteiger partial charge is 0.122 e. The van der Waals surface area contributed by atoms with Gasteiger partial charge in [-0.05, 0) is 43.5 Å². The normalized spacial score (nSPS) is 12.8. The first-order valence-corrected chi connectivity index (χ1v) is 6.51. The minimum Gasteiger partial charge on any atom is -0.493 e. The van der Waals surface area contributed by atoms with E-state index in [0.29, 0.717) is 12.0 Å². The second-order valence-electron chi connectivity index (χ2n) is 5.01. The molecule has 2 nitrogen and oxygen atoms in total. The molecule has 2 heteroatoms. The summed E-state index contributed by atoms with van der Waals surface area (Å²) in [5, 5.41) is 3.42. The van der Waals surface area contributed by atoms with E-state index in [1.54, 1.807) is 0 Å². The first kappa shape index (κ1) is 14.0. The highest BCUT2D eigenvalue weighted by Gasteiger charge is 2.07. The van der Waals surface area contributed by atoms with Crippen LogP contribution in [0.3, 0.4) is 0 Å². The molecule has 0 aliphatic carbocycles. The summed E-state index contributed by atoms with van der Waals surface area (Å²) in [6, 6.07) is 6.85. The van der Waals surface area contributed by atoms with Crippen molar-refractivity contribution in [1.82, 2.24) is 5.32 Å². The average molecular weight is 235 g/mol. The fourth-order valence-corrected chi connectivity index (χ4v) is 1.78. The molecule has 1 aromatic carbocycles. The van der Waals surface area contributed by atoms with E-state index in [0.717, 1.165) is 18.9 Å². The molecule has 1 atom stereocenters. The molecule has 1 N–H and O–H groups in total. The maximum atomic E-state index is 5.77. The third kappa shape index (κ3) is 4.39. The van der Waals surface area contributed by atoms with Crippen LogP contribution in [0.15, 0.2) is 18.2 Å². The highest BCUT2D eigenvalue weighted by molar-refractivity contribution is 5.37. The van der Waals surface area contributed by atoms with Crippen LogP contribution < -0.4 is 10.1 Å². The molecule has 0 radical (unpaired) electrons. The maximum absolute atomic E-state index is 5.77. The third-order valence-corrected chi connectivity index (χ3v) is 2.78. The molecule has 0 saturated heterocycles. The Morgan fingerprint density at radius 1 is 1.24 bits per heavy atom. The first-order valence-electron chi connectivity index (χ1n) is 6.51. The summed E-state index contributed by atoms with van der Waals surface area (Å²) in [7, 11) is 0. The topological polar surface area (TPSA) is 21.3 Å². The summed E-state index contributed by atoms with van der Waals surface area (Å²) in [6.45, 7) is 12.5. The van der Waals surface area contributed by atoms with Crippen molar-refractivity contribution < 1.29 is 4.74 Å². The first-order chi connectivity index (χ1) is 8.04. The average Bonchev–Trinajstić information content (AvgIpc) is 2.27. The molecule has 0 heterocycles. The van der Waals surface area contributed by atoms with Gasteiger partial charge in [0.2, 0.25) is 0 Å². The minimum absolute atomic E-state index is 0.401. The number of ether oxygens (including phenoxy) is 1. The Hall–Kier alpha value is -1.02. The van der Waals surface area contributed by atoms with Crippen LogP contribution in [0.1, 0.15) is 44.9 Å². The highest BCUT2D eigenvalue weighted by Crippen LogP contribution is 2.23. The Labute approximate surface area is 105 Å². The Kier molecular flexibility index (Phi) is 5.49. The number of hydrogen-bond acceptors (Lipinski definition) is 2. The van der Waals surface area contributed by atoms with Gasteiger partial charge in [0, 0.05) is 6.04 Å². The number of aryl methyl sites for hydroxylation is 1. The minimum atomic E-state index is 0.401. The summed E-state index contributed by atoms with van der Waals surface area (Å²) < 4.78 is 5.77. The molecular weight excluding hydrogens is 210 g/mol. The predicted octanol–water partition coefficient (Wildman–Crippen LogP) is 3.70. The Morgan fingerprint density at radius 3 is 2.47 bits per heavy atom. The molecular formula is C15H25NO. The zero-order chi connectivity index (χ0) is 12.8. The van der Waals surface area contributed by atoms with Crippen molar-refractivity contribution in [3.8, 4) is 5.75 Å². The molecule has 0 aliphatic rings. The van der Waals surface area contributed by atoms with Gasteiger partial charge in [-0.2, -0.15) is 0 Å². The zero-order valence-electron chi connectivity index (χ0n) is 11.7. The van der Waals surface area contributed by atoms with E-state index in [2.05, 4.69) is 58.1 Å². The largest absolute Gasteiger partial charge is 0.493 e. The van der Waals surface area contributed by atoms with Crippen LogP contribution in [0.2, 0.25) is 0 Å². The molecule has 0 spiro atoms. The van der Waals surface area contributed by atoms with Gasteiger partial charge in [-0.1, -0.05) is 32.9 Å². The maximum Gasteiger partial charge on any atom is 0.122 e. The van der Waals surface area contributed by atoms with Crippen LogP contribution in [-0.2, 0) is 0 Å². The molecule has 0 fully saturated rings. The predicted molar refractivity (Wildman–Crippen MR) is 73.6 cm³/mol. The summed E-state index contributed by atoms with van der Waals surface area (Å²) in [4.78, 5) is 0. The van der Waals surface area contributed by atoms with E-state index in [1.807, 2.05) is 0 Å². The highest BCUT2D eigenvalue weighted by atomic mass is 16.5. The van der Waals surface area contributed by atoms with Gasteiger partial charge in [-0.25, -0.2) is 0 Å². The van der Waals surface area contributed by atoms with Crippen LogP contribution in [0, 0.1) is 12.8 Å². The second kappa shape index (κ2) is 6.65. The molecule has 96 valence electrons. The van der Waals surface area contributed by atoms with Gasteiger partial charge in [-0.3, -0.25) is 0 Å². The van der Waals surface area contributed by atoms with Crippen LogP contribution in [0.5, 0.6) is 5.75 Å². The van der Waals surface area contributed by atoms with Gasteiger partial charge in [-0.15, -0.1) is 0 Å². The van der Waals surface area contributed by atoms with E-state index in [9.17, 15) is 0 Å². The van der Waals surface area contributed by atoms with Gasteiger partial charge in [0.1, 0.15) is 5.75 Å². The summed E-state index contributed by atoms with van der Waals surface area (Å²) in [6.07, 6.45) is 0. The molecule has 0 saturated carbocycles. The summed E-state index contributed by atoms with van der Waals surface area (Å²) in [5.74, 6) is 1.57. The number of benzene rings is 1. The SMILES string of the molecule is CCNC(C)c1ccc(OCC(C)C)c(C)c1. The van der Waals surface area contributed by atoms with E-state index >= 15 is 0 Å². The molecule has 0 amide bonds. The van der Waals surface area contributed by atoms with Crippen molar-refractivity contribution in [3.05, 3.63) is 29.3 Å². The van der Waals surface area contributed by atoms with Gasteiger partial charge < -0.3 is 10.1 Å². The van der Waals surface area contributed by atoms with Gasteiger partial charge >= 0.3 is 0 Å².